The van der Waals surface area contributed by atoms with Gasteiger partial charge in [-0.05, 0) is 23.1 Å². The number of rotatable bonds is 19. The Balaban J connectivity index is 1.03. The third-order valence-corrected chi connectivity index (χ3v) is 10.4. The molecule has 0 bridgehead atoms. The molecule has 4 heterocycles. The van der Waals surface area contributed by atoms with Crippen molar-refractivity contribution in [2.24, 2.45) is 0 Å². The highest BCUT2D eigenvalue weighted by Crippen LogP contribution is 2.31. The summed E-state index contributed by atoms with van der Waals surface area (Å²) in [6.07, 6.45) is -4.01. The lowest BCUT2D eigenvalue weighted by Crippen LogP contribution is -2.65. The number of ether oxygens (including phenoxy) is 6. The molecule has 0 radical (unpaired) electrons. The summed E-state index contributed by atoms with van der Waals surface area (Å²) in [7, 11) is 0. The van der Waals surface area contributed by atoms with Crippen LogP contribution in [0.3, 0.4) is 0 Å². The molecule has 9 atom stereocenters. The smallest absolute Gasteiger partial charge is 0.330 e. The molecule has 0 aliphatic carbocycles. The van der Waals surface area contributed by atoms with Crippen LogP contribution in [0.1, 0.15) is 42.0 Å². The minimum atomic E-state index is -1.43. The van der Waals surface area contributed by atoms with E-state index in [0.717, 1.165) is 27.3 Å². The number of aromatic nitrogens is 5. The maximum absolute atomic E-state index is 12.8. The zero-order valence-corrected chi connectivity index (χ0v) is 33.1. The molecule has 60 heavy (non-hydrogen) atoms. The highest BCUT2D eigenvalue weighted by Gasteiger charge is 2.48. The molecule has 5 unspecified atom stereocenters. The summed E-state index contributed by atoms with van der Waals surface area (Å²) >= 11 is 0. The van der Waals surface area contributed by atoms with Crippen molar-refractivity contribution >= 4 is 5.91 Å². The van der Waals surface area contributed by atoms with Gasteiger partial charge in [-0.1, -0.05) is 96.2 Å². The zero-order valence-electron chi connectivity index (χ0n) is 33.1. The number of aliphatic hydroxyl groups is 2. The summed E-state index contributed by atoms with van der Waals surface area (Å²) in [5, 5.41) is 32.8. The molecule has 2 saturated heterocycles. The van der Waals surface area contributed by atoms with Gasteiger partial charge in [-0.3, -0.25) is 23.8 Å². The second-order valence-electron chi connectivity index (χ2n) is 14.8. The van der Waals surface area contributed by atoms with Gasteiger partial charge in [0.05, 0.1) is 58.0 Å². The average Bonchev–Trinajstić information content (AvgIpc) is 3.82. The van der Waals surface area contributed by atoms with E-state index in [1.807, 2.05) is 91.0 Å². The van der Waals surface area contributed by atoms with Crippen LogP contribution in [0.25, 0.3) is 0 Å². The fraction of sp³-hybridized carbons (Fsp3) is 0.419. The van der Waals surface area contributed by atoms with E-state index >= 15 is 0 Å². The quantitative estimate of drug-likeness (QED) is 0.0941. The van der Waals surface area contributed by atoms with Crippen molar-refractivity contribution < 1.29 is 43.4 Å². The summed E-state index contributed by atoms with van der Waals surface area (Å²) in [6.45, 7) is 2.84. The maximum atomic E-state index is 12.8. The molecule has 0 spiro atoms. The van der Waals surface area contributed by atoms with Crippen LogP contribution in [0.5, 0.6) is 0 Å². The summed E-state index contributed by atoms with van der Waals surface area (Å²) in [6, 6.07) is 30.0. The monoisotopic (exact) mass is 826 g/mol. The Hall–Kier alpha value is -5.37. The zero-order chi connectivity index (χ0) is 41.8. The molecule has 17 heteroatoms. The van der Waals surface area contributed by atoms with Crippen molar-refractivity contribution in [1.82, 2.24) is 29.9 Å². The van der Waals surface area contributed by atoms with Crippen molar-refractivity contribution in [3.8, 4) is 0 Å². The topological polar surface area (TPSA) is 211 Å². The van der Waals surface area contributed by atoms with Crippen LogP contribution < -0.4 is 16.6 Å². The lowest BCUT2D eigenvalue weighted by Gasteiger charge is -2.46. The van der Waals surface area contributed by atoms with Gasteiger partial charge in [0, 0.05) is 25.7 Å². The Morgan fingerprint density at radius 2 is 1.35 bits per heavy atom. The Morgan fingerprint density at radius 3 is 1.98 bits per heavy atom. The lowest BCUT2D eigenvalue weighted by atomic mass is 9.90. The number of carbonyl (C=O) groups excluding carboxylic acids is 1. The van der Waals surface area contributed by atoms with E-state index < -0.39 is 66.2 Å². The predicted octanol–water partition coefficient (Wildman–Crippen LogP) is 2.01. The molecule has 7 rings (SSSR count). The number of nitrogens with zero attached hydrogens (tertiary/aromatic N) is 4. The van der Waals surface area contributed by atoms with Gasteiger partial charge in [0.25, 0.3) is 5.56 Å². The maximum Gasteiger partial charge on any atom is 0.330 e. The second kappa shape index (κ2) is 20.7. The number of nitrogens with one attached hydrogen (secondary N) is 2. The summed E-state index contributed by atoms with van der Waals surface area (Å²) < 4.78 is 40.6. The number of hydrogen-bond donors (Lipinski definition) is 4. The number of H-pyrrole nitrogens is 1. The third kappa shape index (κ3) is 11.3. The van der Waals surface area contributed by atoms with Crippen LogP contribution in [-0.4, -0.2) is 103 Å². The summed E-state index contributed by atoms with van der Waals surface area (Å²) in [4.78, 5) is 38.6. The van der Waals surface area contributed by atoms with Gasteiger partial charge in [-0.2, -0.15) is 0 Å². The molecule has 2 aromatic heterocycles. The van der Waals surface area contributed by atoms with Crippen molar-refractivity contribution in [2.75, 3.05) is 13.2 Å². The van der Waals surface area contributed by atoms with Crippen molar-refractivity contribution in [1.29, 1.82) is 0 Å². The van der Waals surface area contributed by atoms with Crippen molar-refractivity contribution in [3.63, 3.8) is 0 Å². The number of hydrogen-bond acceptors (Lipinski definition) is 13. The molecule has 4 N–H and O–H groups in total. The fourth-order valence-electron chi connectivity index (χ4n) is 7.38. The van der Waals surface area contributed by atoms with E-state index in [0.29, 0.717) is 31.9 Å². The standard InChI is InChI=1S/C43H50N6O11/c1-28(50)44-37-33(17-19-48-21-32(46-47-48)25-56-26-34-38(52)39(53)42(60-34)49-20-18-36(51)45-43(49)54)59-35(27-55-22-29-11-5-2-6-12-29)40(57-23-30-13-7-3-8-14-30)41(37)58-24-31-15-9-4-10-16-31/h2-16,18,20-21,33-35,37-42,52-53H,17,19,22-27H2,1H3,(H,44,50)(H,45,51,54)/t33-,34-,35?,37?,38?,39?,40-,41?,42-/m1/s1. The van der Waals surface area contributed by atoms with E-state index in [2.05, 4.69) is 20.6 Å². The van der Waals surface area contributed by atoms with Gasteiger partial charge >= 0.3 is 5.69 Å². The van der Waals surface area contributed by atoms with Gasteiger partial charge in [0.2, 0.25) is 5.91 Å². The SMILES string of the molecule is CC(=O)NC1C(OCc2ccccc2)[C@H](OCc2ccccc2)C(COCc2ccccc2)O[C@@H]1CCn1cc(COC[C@H]2O[C@@H](n3ccc(=O)[nH]c3=O)C(O)C2O)nn1. The number of aryl methyl sites for hydroxylation is 1. The average molecular weight is 827 g/mol. The molecule has 0 saturated carbocycles. The Morgan fingerprint density at radius 1 is 0.750 bits per heavy atom. The van der Waals surface area contributed by atoms with Crippen LogP contribution in [0.4, 0.5) is 0 Å². The third-order valence-electron chi connectivity index (χ3n) is 10.4. The normalized spacial score (nSPS) is 25.3. The predicted molar refractivity (Wildman–Crippen MR) is 214 cm³/mol. The first-order valence-corrected chi connectivity index (χ1v) is 19.9. The largest absolute Gasteiger partial charge is 0.387 e. The number of aliphatic hydroxyl groups excluding tert-OH is 2. The Bertz CT molecular complexity index is 2210. The number of aromatic amines is 1. The van der Waals surface area contributed by atoms with E-state index in [9.17, 15) is 24.6 Å². The van der Waals surface area contributed by atoms with Crippen LogP contribution in [0, 0.1) is 0 Å². The van der Waals surface area contributed by atoms with E-state index in [1.54, 1.807) is 10.9 Å². The molecule has 318 valence electrons. The number of amides is 1. The molecule has 1 amide bonds. The van der Waals surface area contributed by atoms with Gasteiger partial charge in [-0.15, -0.1) is 5.10 Å². The van der Waals surface area contributed by atoms with E-state index in [4.69, 9.17) is 28.4 Å². The first-order chi connectivity index (χ1) is 29.2. The second-order valence-corrected chi connectivity index (χ2v) is 14.8. The summed E-state index contributed by atoms with van der Waals surface area (Å²) in [5.74, 6) is -0.247. The summed E-state index contributed by atoms with van der Waals surface area (Å²) in [5.41, 5.74) is 2.07. The molecule has 5 aromatic rings. The molecule has 17 nitrogen and oxygen atoms in total. The molecule has 2 aliphatic rings. The van der Waals surface area contributed by atoms with Crippen LogP contribution in [-0.2, 0) is 66.2 Å². The fourth-order valence-corrected chi connectivity index (χ4v) is 7.38. The van der Waals surface area contributed by atoms with Gasteiger partial charge in [0.1, 0.15) is 42.3 Å². The molecule has 2 aliphatic heterocycles. The van der Waals surface area contributed by atoms with Gasteiger partial charge in [0.15, 0.2) is 6.23 Å². The molecular formula is C43H50N6O11. The molecule has 3 aromatic carbocycles. The minimum Gasteiger partial charge on any atom is -0.387 e. The van der Waals surface area contributed by atoms with Crippen molar-refractivity contribution in [2.45, 2.75) is 101 Å². The number of carbonyl (C=O) groups is 1. The Labute approximate surface area is 345 Å². The first-order valence-electron chi connectivity index (χ1n) is 19.9. The minimum absolute atomic E-state index is 0.0110. The van der Waals surface area contributed by atoms with Crippen LogP contribution in [0.15, 0.2) is 119 Å². The lowest BCUT2D eigenvalue weighted by molar-refractivity contribution is -0.233. The number of benzene rings is 3. The molecular weight excluding hydrogens is 777 g/mol. The highest BCUT2D eigenvalue weighted by molar-refractivity contribution is 5.73. The van der Waals surface area contributed by atoms with Crippen LogP contribution >= 0.6 is 0 Å². The van der Waals surface area contributed by atoms with Gasteiger partial charge in [-0.25, -0.2) is 4.79 Å². The van der Waals surface area contributed by atoms with Crippen molar-refractivity contribution in [3.05, 3.63) is 153 Å². The Kier molecular flexibility index (Phi) is 14.8. The van der Waals surface area contributed by atoms with E-state index in [-0.39, 0.29) is 32.3 Å². The first kappa shape index (κ1) is 42.7. The van der Waals surface area contributed by atoms with E-state index in [1.165, 1.54) is 13.1 Å². The van der Waals surface area contributed by atoms with Crippen LogP contribution in [0.2, 0.25) is 0 Å². The highest BCUT2D eigenvalue weighted by atomic mass is 16.6. The van der Waals surface area contributed by atoms with Gasteiger partial charge < -0.3 is 44.0 Å². The molecule has 2 fully saturated rings.